The highest BCUT2D eigenvalue weighted by atomic mass is 19.1. The fourth-order valence-electron chi connectivity index (χ4n) is 5.15. The quantitative estimate of drug-likeness (QED) is 0.331. The van der Waals surface area contributed by atoms with Gasteiger partial charge in [0.25, 0.3) is 5.91 Å². The summed E-state index contributed by atoms with van der Waals surface area (Å²) in [4.78, 5) is 40.2. The van der Waals surface area contributed by atoms with E-state index in [-0.39, 0.29) is 36.2 Å². The smallest absolute Gasteiger partial charge is 0.253 e. The SMILES string of the molecule is CNC1(C(N)=O)CCN(C(=O)c2ccc(Nc3ncc4c(n3)C(/C(C)=C(/C)N)=CC(c3c(F)cccc3F)=NC4)cc2)C1. The van der Waals surface area contributed by atoms with Crippen LogP contribution in [-0.4, -0.2) is 58.1 Å². The molecule has 222 valence electrons. The van der Waals surface area contributed by atoms with Gasteiger partial charge in [0.15, 0.2) is 0 Å². The Morgan fingerprint density at radius 2 is 1.74 bits per heavy atom. The maximum Gasteiger partial charge on any atom is 0.253 e. The molecular weight excluding hydrogens is 554 g/mol. The second-order valence-corrected chi connectivity index (χ2v) is 10.6. The number of nitrogens with zero attached hydrogens (tertiary/aromatic N) is 4. The lowest BCUT2D eigenvalue weighted by Gasteiger charge is -2.25. The van der Waals surface area contributed by atoms with Gasteiger partial charge in [0.2, 0.25) is 11.9 Å². The van der Waals surface area contributed by atoms with Crippen molar-refractivity contribution in [3.8, 4) is 0 Å². The molecule has 10 nitrogen and oxygen atoms in total. The molecule has 2 aliphatic heterocycles. The molecule has 12 heteroatoms. The number of halogens is 2. The summed E-state index contributed by atoms with van der Waals surface area (Å²) in [7, 11) is 1.66. The van der Waals surface area contributed by atoms with E-state index >= 15 is 0 Å². The Labute approximate surface area is 247 Å². The number of allylic oxidation sites excluding steroid dienone is 4. The van der Waals surface area contributed by atoms with Crippen molar-refractivity contribution in [1.29, 1.82) is 0 Å². The van der Waals surface area contributed by atoms with Crippen LogP contribution in [0.4, 0.5) is 20.4 Å². The first kappa shape index (κ1) is 29.5. The molecule has 0 aliphatic carbocycles. The highest BCUT2D eigenvalue weighted by Gasteiger charge is 2.43. The van der Waals surface area contributed by atoms with Gasteiger partial charge >= 0.3 is 0 Å². The molecule has 1 fully saturated rings. The van der Waals surface area contributed by atoms with Crippen LogP contribution in [-0.2, 0) is 11.3 Å². The van der Waals surface area contributed by atoms with Gasteiger partial charge in [-0.25, -0.2) is 18.7 Å². The van der Waals surface area contributed by atoms with Gasteiger partial charge < -0.3 is 27.0 Å². The molecule has 1 aromatic heterocycles. The van der Waals surface area contributed by atoms with E-state index in [2.05, 4.69) is 20.6 Å². The number of likely N-dealkylation sites (tertiary alicyclic amines) is 1. The molecule has 2 aromatic carbocycles. The van der Waals surface area contributed by atoms with Crippen molar-refractivity contribution in [2.45, 2.75) is 32.4 Å². The van der Waals surface area contributed by atoms with Gasteiger partial charge in [0.1, 0.15) is 17.2 Å². The van der Waals surface area contributed by atoms with Crippen LogP contribution in [0, 0.1) is 11.6 Å². The van der Waals surface area contributed by atoms with Gasteiger partial charge in [-0.1, -0.05) is 6.07 Å². The van der Waals surface area contributed by atoms with Crippen LogP contribution in [0.2, 0.25) is 0 Å². The lowest BCUT2D eigenvalue weighted by molar-refractivity contribution is -0.123. The fraction of sp³-hybridized carbons (Fsp3) is 0.258. The zero-order valence-corrected chi connectivity index (χ0v) is 24.0. The number of hydrogen-bond donors (Lipinski definition) is 4. The molecule has 0 saturated carbocycles. The van der Waals surface area contributed by atoms with Crippen LogP contribution >= 0.6 is 0 Å². The number of hydrogen-bond acceptors (Lipinski definition) is 8. The average Bonchev–Trinajstić information content (AvgIpc) is 3.36. The number of likely N-dealkylation sites (N-methyl/N-ethyl adjacent to an activating group) is 1. The summed E-state index contributed by atoms with van der Waals surface area (Å²) in [6.45, 7) is 4.25. The fourth-order valence-corrected chi connectivity index (χ4v) is 5.15. The number of rotatable bonds is 7. The molecule has 2 aliphatic rings. The number of primary amides is 1. The molecule has 3 heterocycles. The summed E-state index contributed by atoms with van der Waals surface area (Å²) >= 11 is 0. The molecule has 0 spiro atoms. The molecule has 0 bridgehead atoms. The van der Waals surface area contributed by atoms with E-state index in [0.717, 1.165) is 0 Å². The number of carbonyl (C=O) groups is 2. The monoisotopic (exact) mass is 586 g/mol. The molecule has 2 amide bonds. The summed E-state index contributed by atoms with van der Waals surface area (Å²) in [6, 6.07) is 10.5. The molecule has 3 aromatic rings. The second-order valence-electron chi connectivity index (χ2n) is 10.6. The van der Waals surface area contributed by atoms with Crippen LogP contribution in [0.3, 0.4) is 0 Å². The number of benzene rings is 2. The number of fused-ring (bicyclic) bond motifs is 1. The predicted octanol–water partition coefficient (Wildman–Crippen LogP) is 3.43. The largest absolute Gasteiger partial charge is 0.402 e. The maximum absolute atomic E-state index is 14.7. The van der Waals surface area contributed by atoms with Crippen LogP contribution in [0.1, 0.15) is 47.4 Å². The zero-order valence-electron chi connectivity index (χ0n) is 24.0. The summed E-state index contributed by atoms with van der Waals surface area (Å²) in [6.07, 6.45) is 3.64. The normalized spacial score (nSPS) is 18.7. The first-order valence-electron chi connectivity index (χ1n) is 13.7. The lowest BCUT2D eigenvalue weighted by atomic mass is 9.97. The van der Waals surface area contributed by atoms with Gasteiger partial charge in [0.05, 0.1) is 23.5 Å². The summed E-state index contributed by atoms with van der Waals surface area (Å²) in [5, 5.41) is 6.11. The Balaban J connectivity index is 1.40. The number of carbonyl (C=O) groups excluding carboxylic acids is 2. The number of amides is 2. The van der Waals surface area contributed by atoms with Crippen molar-refractivity contribution in [2.75, 3.05) is 25.5 Å². The number of nitrogens with two attached hydrogens (primary N) is 2. The molecule has 43 heavy (non-hydrogen) atoms. The van der Waals surface area contributed by atoms with E-state index < -0.39 is 23.1 Å². The highest BCUT2D eigenvalue weighted by Crippen LogP contribution is 2.31. The first-order chi connectivity index (χ1) is 20.5. The summed E-state index contributed by atoms with van der Waals surface area (Å²) < 4.78 is 29.3. The van der Waals surface area contributed by atoms with E-state index in [1.807, 2.05) is 0 Å². The van der Waals surface area contributed by atoms with Crippen molar-refractivity contribution in [2.24, 2.45) is 16.5 Å². The minimum Gasteiger partial charge on any atom is -0.402 e. The van der Waals surface area contributed by atoms with Crippen LogP contribution in [0.15, 0.2) is 71.0 Å². The third kappa shape index (κ3) is 5.73. The minimum atomic E-state index is -0.932. The third-order valence-corrected chi connectivity index (χ3v) is 7.93. The molecule has 6 N–H and O–H groups in total. The molecule has 1 atom stereocenters. The highest BCUT2D eigenvalue weighted by molar-refractivity contribution is 6.14. The van der Waals surface area contributed by atoms with E-state index in [4.69, 9.17) is 16.5 Å². The van der Waals surface area contributed by atoms with Crippen molar-refractivity contribution in [3.05, 3.63) is 100 Å². The number of nitrogens with one attached hydrogen (secondary N) is 2. The van der Waals surface area contributed by atoms with Crippen LogP contribution < -0.4 is 22.1 Å². The van der Waals surface area contributed by atoms with Gasteiger partial charge in [-0.15, -0.1) is 0 Å². The van der Waals surface area contributed by atoms with Gasteiger partial charge in [0, 0.05) is 47.4 Å². The van der Waals surface area contributed by atoms with Crippen molar-refractivity contribution in [3.63, 3.8) is 0 Å². The van der Waals surface area contributed by atoms with E-state index in [9.17, 15) is 18.4 Å². The zero-order chi connectivity index (χ0) is 30.9. The molecule has 1 unspecified atom stereocenters. The number of aromatic nitrogens is 2. The maximum atomic E-state index is 14.7. The van der Waals surface area contributed by atoms with Crippen molar-refractivity contribution < 1.29 is 18.4 Å². The predicted molar refractivity (Wildman–Crippen MR) is 160 cm³/mol. The van der Waals surface area contributed by atoms with E-state index in [1.54, 1.807) is 62.3 Å². The number of anilines is 2. The van der Waals surface area contributed by atoms with Crippen molar-refractivity contribution >= 4 is 34.7 Å². The van der Waals surface area contributed by atoms with Gasteiger partial charge in [-0.2, -0.15) is 0 Å². The Hall–Kier alpha value is -4.97. The van der Waals surface area contributed by atoms with Crippen LogP contribution in [0.25, 0.3) is 5.57 Å². The molecule has 0 radical (unpaired) electrons. The topological polar surface area (TPSA) is 152 Å². The number of aliphatic imine (C=N–C) groups is 1. The molecule has 1 saturated heterocycles. The van der Waals surface area contributed by atoms with E-state index in [0.29, 0.717) is 52.3 Å². The Morgan fingerprint density at radius 3 is 2.35 bits per heavy atom. The van der Waals surface area contributed by atoms with Crippen molar-refractivity contribution in [1.82, 2.24) is 20.2 Å². The Kier molecular flexibility index (Phi) is 8.05. The third-order valence-electron chi connectivity index (χ3n) is 7.93. The van der Waals surface area contributed by atoms with Gasteiger partial charge in [-0.05, 0) is 75.4 Å². The second kappa shape index (κ2) is 11.7. The average molecular weight is 587 g/mol. The molecular formula is C31H32F2N8O2. The lowest BCUT2D eigenvalue weighted by Crippen LogP contribution is -2.56. The summed E-state index contributed by atoms with van der Waals surface area (Å²) in [5.74, 6) is -1.87. The standard InChI is InChI=1S/C31H32F2N8O2/c1-17(18(2)34)22-13-25(26-23(32)5-4-6-24(26)33)37-14-20-15-38-30(40-27(20)22)39-21-9-7-19(8-10-21)28(42)41-12-11-31(16-41,36-3)29(35)43/h4-10,13,15,36H,11-12,14,16,34H2,1-3H3,(H2,35,43)(H,38,39,40)/b18-17-. The van der Waals surface area contributed by atoms with Gasteiger partial charge in [-0.3, -0.25) is 14.6 Å². The van der Waals surface area contributed by atoms with E-state index in [1.165, 1.54) is 18.2 Å². The first-order valence-corrected chi connectivity index (χ1v) is 13.7. The minimum absolute atomic E-state index is 0.105. The Morgan fingerprint density at radius 1 is 1.05 bits per heavy atom. The van der Waals surface area contributed by atoms with Crippen LogP contribution in [0.5, 0.6) is 0 Å². The molecule has 5 rings (SSSR count). The summed E-state index contributed by atoms with van der Waals surface area (Å²) in [5.41, 5.74) is 14.7. The Bertz CT molecular complexity index is 1680.